The Morgan fingerprint density at radius 3 is 2.36 bits per heavy atom. The summed E-state index contributed by atoms with van der Waals surface area (Å²) in [5, 5.41) is 2.89. The van der Waals surface area contributed by atoms with Crippen molar-refractivity contribution in [1.82, 2.24) is 19.1 Å². The molecule has 2 aromatic heterocycles. The Bertz CT molecular complexity index is 1570. The first-order chi connectivity index (χ1) is 15.9. The van der Waals surface area contributed by atoms with Gasteiger partial charge < -0.3 is 14.9 Å². The summed E-state index contributed by atoms with van der Waals surface area (Å²) in [6.45, 7) is 2.05. The second-order valence-electron chi connectivity index (χ2n) is 8.14. The lowest BCUT2D eigenvalue weighted by atomic mass is 10.0. The number of anilines is 1. The van der Waals surface area contributed by atoms with E-state index in [1.807, 2.05) is 54.6 Å². The van der Waals surface area contributed by atoms with Crippen LogP contribution in [0.3, 0.4) is 0 Å². The first-order valence-corrected chi connectivity index (χ1v) is 10.6. The van der Waals surface area contributed by atoms with Crippen LogP contribution in [0.25, 0.3) is 33.5 Å². The van der Waals surface area contributed by atoms with Gasteiger partial charge in [0.15, 0.2) is 0 Å². The van der Waals surface area contributed by atoms with Crippen molar-refractivity contribution >= 4 is 22.6 Å². The van der Waals surface area contributed by atoms with Crippen molar-refractivity contribution in [3.8, 4) is 22.5 Å². The molecule has 0 atom stereocenters. The number of hydrogen-bond donors (Lipinski definition) is 2. The second kappa shape index (κ2) is 7.94. The Morgan fingerprint density at radius 2 is 1.64 bits per heavy atom. The molecule has 5 aromatic rings. The highest BCUT2D eigenvalue weighted by atomic mass is 16.2. The van der Waals surface area contributed by atoms with Gasteiger partial charge in [-0.3, -0.25) is 9.36 Å². The molecule has 0 aliphatic heterocycles. The Hall–Kier alpha value is -4.39. The van der Waals surface area contributed by atoms with Crippen LogP contribution in [-0.2, 0) is 14.1 Å². The lowest BCUT2D eigenvalue weighted by Gasteiger charge is -2.09. The lowest BCUT2D eigenvalue weighted by Crippen LogP contribution is -2.23. The molecule has 0 bridgehead atoms. The number of carbonyl (C=O) groups excluding carboxylic acids is 1. The molecule has 0 aliphatic carbocycles. The molecule has 0 aliphatic rings. The maximum atomic E-state index is 12.7. The normalized spacial score (nSPS) is 11.1. The Morgan fingerprint density at radius 1 is 0.939 bits per heavy atom. The third-order valence-corrected chi connectivity index (χ3v) is 5.80. The molecule has 2 N–H and O–H groups in total. The molecule has 0 saturated heterocycles. The fourth-order valence-corrected chi connectivity index (χ4v) is 4.01. The van der Waals surface area contributed by atoms with Gasteiger partial charge in [0.05, 0.1) is 11.0 Å². The molecule has 0 radical (unpaired) electrons. The third kappa shape index (κ3) is 3.74. The van der Waals surface area contributed by atoms with E-state index in [2.05, 4.69) is 29.4 Å². The molecule has 0 fully saturated rings. The van der Waals surface area contributed by atoms with E-state index in [0.29, 0.717) is 11.4 Å². The average Bonchev–Trinajstić information content (AvgIpc) is 3.37. The molecule has 33 heavy (non-hydrogen) atoms. The first-order valence-electron chi connectivity index (χ1n) is 10.6. The fourth-order valence-electron chi connectivity index (χ4n) is 4.01. The molecule has 0 spiro atoms. The zero-order valence-electron chi connectivity index (χ0n) is 18.6. The quantitative estimate of drug-likeness (QED) is 0.434. The molecule has 7 heteroatoms. The summed E-state index contributed by atoms with van der Waals surface area (Å²) in [6.07, 6.45) is 1.53. The van der Waals surface area contributed by atoms with Gasteiger partial charge in [0, 0.05) is 31.5 Å². The van der Waals surface area contributed by atoms with Crippen LogP contribution in [0.2, 0.25) is 0 Å². The van der Waals surface area contributed by atoms with Gasteiger partial charge in [-0.05, 0) is 47.9 Å². The number of nitrogens with zero attached hydrogens (tertiary/aromatic N) is 3. The molecule has 3 aromatic carbocycles. The number of para-hydroxylation sites is 1. The van der Waals surface area contributed by atoms with Gasteiger partial charge >= 0.3 is 5.69 Å². The lowest BCUT2D eigenvalue weighted by molar-refractivity contribution is 0.101. The average molecular weight is 438 g/mol. The number of benzene rings is 3. The van der Waals surface area contributed by atoms with Crippen LogP contribution in [0, 0.1) is 6.92 Å². The van der Waals surface area contributed by atoms with Crippen molar-refractivity contribution in [2.75, 3.05) is 5.32 Å². The van der Waals surface area contributed by atoms with E-state index in [0.717, 1.165) is 39.1 Å². The number of nitrogens with one attached hydrogen (secondary N) is 2. The van der Waals surface area contributed by atoms with Gasteiger partial charge in [-0.25, -0.2) is 9.78 Å². The molecule has 164 valence electrons. The topological polar surface area (TPSA) is 84.7 Å². The van der Waals surface area contributed by atoms with Gasteiger partial charge in [-0.1, -0.05) is 42.5 Å². The number of aryl methyl sites for hydroxylation is 2. The standard InChI is InChI=1S/C26H23N5O2/c1-16-7-4-12-21-23(16)29-24(28-21)19-10-5-8-17(13-19)18-9-6-11-20(14-18)27-25(32)22-15-30(2)26(33)31(22)3/h4-15H,1-3H3,(H,27,32)(H,28,29). The largest absolute Gasteiger partial charge is 0.338 e. The van der Waals surface area contributed by atoms with E-state index in [1.165, 1.54) is 15.3 Å². The molecule has 0 saturated carbocycles. The zero-order chi connectivity index (χ0) is 23.1. The Balaban J connectivity index is 1.45. The van der Waals surface area contributed by atoms with E-state index >= 15 is 0 Å². The molecular weight excluding hydrogens is 414 g/mol. The van der Waals surface area contributed by atoms with Crippen molar-refractivity contribution < 1.29 is 4.79 Å². The summed E-state index contributed by atoms with van der Waals surface area (Å²) in [7, 11) is 3.20. The minimum atomic E-state index is -0.334. The highest BCUT2D eigenvalue weighted by Gasteiger charge is 2.14. The number of aromatic amines is 1. The molecule has 7 nitrogen and oxygen atoms in total. The van der Waals surface area contributed by atoms with Crippen LogP contribution in [0.1, 0.15) is 16.1 Å². The Labute approximate surface area is 190 Å². The summed E-state index contributed by atoms with van der Waals surface area (Å²) < 4.78 is 2.72. The van der Waals surface area contributed by atoms with Gasteiger partial charge in [-0.15, -0.1) is 0 Å². The first kappa shape index (κ1) is 20.5. The van der Waals surface area contributed by atoms with Crippen molar-refractivity contribution in [2.24, 2.45) is 14.1 Å². The highest BCUT2D eigenvalue weighted by Crippen LogP contribution is 2.28. The summed E-state index contributed by atoms with van der Waals surface area (Å²) >= 11 is 0. The number of amides is 1. The van der Waals surface area contributed by atoms with Gasteiger partial charge in [0.2, 0.25) is 0 Å². The smallest absolute Gasteiger partial charge is 0.328 e. The van der Waals surface area contributed by atoms with Crippen LogP contribution in [0.15, 0.2) is 77.7 Å². The summed E-state index contributed by atoms with van der Waals surface area (Å²) in [6, 6.07) is 21.9. The summed E-state index contributed by atoms with van der Waals surface area (Å²) in [5.74, 6) is 0.481. The summed E-state index contributed by atoms with van der Waals surface area (Å²) in [4.78, 5) is 32.8. The maximum Gasteiger partial charge on any atom is 0.328 e. The molecular formula is C26H23N5O2. The van der Waals surface area contributed by atoms with Gasteiger partial charge in [-0.2, -0.15) is 0 Å². The maximum absolute atomic E-state index is 12.7. The monoisotopic (exact) mass is 437 g/mol. The third-order valence-electron chi connectivity index (χ3n) is 5.80. The van der Waals surface area contributed by atoms with Crippen LogP contribution in [0.5, 0.6) is 0 Å². The zero-order valence-corrected chi connectivity index (χ0v) is 18.6. The predicted octanol–water partition coefficient (Wildman–Crippen LogP) is 4.49. The number of aromatic nitrogens is 4. The molecule has 1 amide bonds. The number of imidazole rings is 2. The number of fused-ring (bicyclic) bond motifs is 1. The van der Waals surface area contributed by atoms with E-state index in [-0.39, 0.29) is 11.6 Å². The minimum Gasteiger partial charge on any atom is -0.338 e. The van der Waals surface area contributed by atoms with Crippen LogP contribution >= 0.6 is 0 Å². The van der Waals surface area contributed by atoms with E-state index < -0.39 is 0 Å². The van der Waals surface area contributed by atoms with Crippen molar-refractivity contribution in [3.63, 3.8) is 0 Å². The number of rotatable bonds is 4. The van der Waals surface area contributed by atoms with Crippen LogP contribution < -0.4 is 11.0 Å². The Kier molecular flexibility index (Phi) is 4.94. The van der Waals surface area contributed by atoms with Crippen LogP contribution in [-0.4, -0.2) is 25.0 Å². The highest BCUT2D eigenvalue weighted by molar-refractivity contribution is 6.03. The van der Waals surface area contributed by atoms with Crippen molar-refractivity contribution in [3.05, 3.63) is 94.7 Å². The minimum absolute atomic E-state index is 0.244. The van der Waals surface area contributed by atoms with Gasteiger partial charge in [0.25, 0.3) is 5.91 Å². The van der Waals surface area contributed by atoms with E-state index in [1.54, 1.807) is 14.1 Å². The second-order valence-corrected chi connectivity index (χ2v) is 8.14. The van der Waals surface area contributed by atoms with E-state index in [4.69, 9.17) is 4.98 Å². The molecule has 5 rings (SSSR count). The van der Waals surface area contributed by atoms with Crippen LogP contribution in [0.4, 0.5) is 5.69 Å². The summed E-state index contributed by atoms with van der Waals surface area (Å²) in [5.41, 5.74) is 6.77. The number of H-pyrrole nitrogens is 1. The fraction of sp³-hybridized carbons (Fsp3) is 0.115. The number of carbonyl (C=O) groups is 1. The molecule has 0 unspecified atom stereocenters. The van der Waals surface area contributed by atoms with Crippen molar-refractivity contribution in [1.29, 1.82) is 0 Å². The van der Waals surface area contributed by atoms with Crippen molar-refractivity contribution in [2.45, 2.75) is 6.92 Å². The van der Waals surface area contributed by atoms with Gasteiger partial charge in [0.1, 0.15) is 11.5 Å². The van der Waals surface area contributed by atoms with E-state index in [9.17, 15) is 9.59 Å². The SMILES string of the molecule is Cc1cccc2[nH]c(-c3cccc(-c4cccc(NC(=O)c5cn(C)c(=O)n5C)c4)c3)nc12. The number of hydrogen-bond acceptors (Lipinski definition) is 3. The molecule has 2 heterocycles. The predicted molar refractivity (Wildman–Crippen MR) is 130 cm³/mol.